The lowest BCUT2D eigenvalue weighted by Gasteiger charge is -2.26. The van der Waals surface area contributed by atoms with Gasteiger partial charge in [-0.3, -0.25) is 4.79 Å². The van der Waals surface area contributed by atoms with Gasteiger partial charge in [0, 0.05) is 6.54 Å². The highest BCUT2D eigenvalue weighted by atomic mass is 16.3. The third-order valence-electron chi connectivity index (χ3n) is 3.61. The topological polar surface area (TPSA) is 62.5 Å². The van der Waals surface area contributed by atoms with E-state index >= 15 is 0 Å². The van der Waals surface area contributed by atoms with E-state index in [0.717, 1.165) is 25.7 Å². The van der Waals surface area contributed by atoms with Crippen molar-refractivity contribution < 1.29 is 14.3 Å². The molecule has 1 aromatic rings. The van der Waals surface area contributed by atoms with Crippen molar-refractivity contribution in [3.05, 3.63) is 23.7 Å². The first-order chi connectivity index (χ1) is 8.59. The summed E-state index contributed by atoms with van der Waals surface area (Å²) >= 11 is 0. The Hall–Kier alpha value is -1.29. The van der Waals surface area contributed by atoms with Crippen LogP contribution in [0.5, 0.6) is 0 Å². The molecule has 0 spiro atoms. The second-order valence-corrected chi connectivity index (χ2v) is 5.27. The number of rotatable bonds is 3. The van der Waals surface area contributed by atoms with Crippen LogP contribution in [-0.2, 0) is 0 Å². The Balaban J connectivity index is 1.88. The molecule has 0 radical (unpaired) electrons. The lowest BCUT2D eigenvalue weighted by molar-refractivity contribution is 0.0246. The molecule has 1 aliphatic carbocycles. The average Bonchev–Trinajstić information content (AvgIpc) is 2.66. The van der Waals surface area contributed by atoms with Crippen molar-refractivity contribution in [2.45, 2.75) is 51.0 Å². The van der Waals surface area contributed by atoms with Crippen LogP contribution in [0.4, 0.5) is 0 Å². The molecule has 0 unspecified atom stereocenters. The molecule has 1 fully saturated rings. The first-order valence-corrected chi connectivity index (χ1v) is 6.65. The average molecular weight is 251 g/mol. The molecule has 1 aromatic heterocycles. The van der Waals surface area contributed by atoms with E-state index < -0.39 is 5.60 Å². The van der Waals surface area contributed by atoms with E-state index in [1.54, 1.807) is 13.0 Å². The summed E-state index contributed by atoms with van der Waals surface area (Å²) in [5.41, 5.74) is -0.213. The number of carbonyl (C=O) groups is 1. The minimum atomic E-state index is -0.731. The van der Waals surface area contributed by atoms with Gasteiger partial charge in [-0.25, -0.2) is 0 Å². The number of aryl methyl sites for hydroxylation is 1. The number of aliphatic hydroxyl groups is 1. The van der Waals surface area contributed by atoms with Gasteiger partial charge >= 0.3 is 0 Å². The second kappa shape index (κ2) is 5.57. The molecule has 0 aromatic carbocycles. The summed E-state index contributed by atoms with van der Waals surface area (Å²) in [7, 11) is 0. The third-order valence-corrected chi connectivity index (χ3v) is 3.61. The summed E-state index contributed by atoms with van der Waals surface area (Å²) in [4.78, 5) is 11.8. The smallest absolute Gasteiger partial charge is 0.254 e. The molecule has 4 heteroatoms. The maximum Gasteiger partial charge on any atom is 0.254 e. The normalized spacial score (nSPS) is 19.2. The second-order valence-electron chi connectivity index (χ2n) is 5.27. The van der Waals surface area contributed by atoms with Gasteiger partial charge in [-0.1, -0.05) is 25.7 Å². The monoisotopic (exact) mass is 251 g/mol. The Morgan fingerprint density at radius 1 is 1.39 bits per heavy atom. The number of nitrogens with one attached hydrogen (secondary N) is 1. The molecule has 0 aliphatic heterocycles. The van der Waals surface area contributed by atoms with Crippen molar-refractivity contribution in [1.29, 1.82) is 0 Å². The molecule has 0 bridgehead atoms. The molecular formula is C14H21NO3. The van der Waals surface area contributed by atoms with Crippen LogP contribution in [0.1, 0.15) is 54.6 Å². The van der Waals surface area contributed by atoms with Crippen LogP contribution in [0.15, 0.2) is 16.7 Å². The largest absolute Gasteiger partial charge is 0.469 e. The van der Waals surface area contributed by atoms with Crippen LogP contribution in [-0.4, -0.2) is 23.2 Å². The molecular weight excluding hydrogens is 230 g/mol. The Morgan fingerprint density at radius 2 is 2.06 bits per heavy atom. The predicted octanol–water partition coefficient (Wildman–Crippen LogP) is 2.40. The van der Waals surface area contributed by atoms with Crippen molar-refractivity contribution in [3.8, 4) is 0 Å². The number of amides is 1. The maximum absolute atomic E-state index is 11.8. The summed E-state index contributed by atoms with van der Waals surface area (Å²) in [6.07, 6.45) is 7.43. The lowest BCUT2D eigenvalue weighted by Crippen LogP contribution is -2.42. The van der Waals surface area contributed by atoms with E-state index in [4.69, 9.17) is 4.42 Å². The summed E-state index contributed by atoms with van der Waals surface area (Å²) in [6, 6.07) is 1.70. The van der Waals surface area contributed by atoms with Crippen molar-refractivity contribution in [2.75, 3.05) is 6.54 Å². The first-order valence-electron chi connectivity index (χ1n) is 6.65. The number of hydrogen-bond donors (Lipinski definition) is 2. The van der Waals surface area contributed by atoms with Crippen LogP contribution >= 0.6 is 0 Å². The fraction of sp³-hybridized carbons (Fsp3) is 0.643. The van der Waals surface area contributed by atoms with Gasteiger partial charge in [0.2, 0.25) is 0 Å². The molecule has 2 rings (SSSR count). The third kappa shape index (κ3) is 3.35. The molecule has 0 saturated heterocycles. The number of furan rings is 1. The highest BCUT2D eigenvalue weighted by Crippen LogP contribution is 2.26. The molecule has 2 N–H and O–H groups in total. The molecule has 18 heavy (non-hydrogen) atoms. The van der Waals surface area contributed by atoms with Crippen LogP contribution in [0.3, 0.4) is 0 Å². The standard InChI is InChI=1S/C14H21NO3/c1-11-8-12(9-18-11)13(16)15-10-14(17)6-4-2-3-5-7-14/h8-9,17H,2-7,10H2,1H3,(H,15,16). The van der Waals surface area contributed by atoms with Crippen molar-refractivity contribution >= 4 is 5.91 Å². The van der Waals surface area contributed by atoms with Gasteiger partial charge in [0.1, 0.15) is 12.0 Å². The zero-order valence-electron chi connectivity index (χ0n) is 10.9. The van der Waals surface area contributed by atoms with Gasteiger partial charge < -0.3 is 14.8 Å². The zero-order chi connectivity index (χ0) is 13.0. The van der Waals surface area contributed by atoms with E-state index in [-0.39, 0.29) is 5.91 Å². The molecule has 1 heterocycles. The number of carbonyl (C=O) groups excluding carboxylic acids is 1. The fourth-order valence-corrected chi connectivity index (χ4v) is 2.47. The minimum absolute atomic E-state index is 0.176. The zero-order valence-corrected chi connectivity index (χ0v) is 10.9. The summed E-state index contributed by atoms with van der Waals surface area (Å²) in [5.74, 6) is 0.540. The molecule has 0 atom stereocenters. The van der Waals surface area contributed by atoms with Crippen molar-refractivity contribution in [2.24, 2.45) is 0 Å². The maximum atomic E-state index is 11.8. The summed E-state index contributed by atoms with van der Waals surface area (Å²) < 4.78 is 5.10. The molecule has 100 valence electrons. The first kappa shape index (κ1) is 13.1. The molecule has 1 amide bonds. The van der Waals surface area contributed by atoms with Gasteiger partial charge in [0.15, 0.2) is 0 Å². The highest BCUT2D eigenvalue weighted by molar-refractivity contribution is 5.93. The van der Waals surface area contributed by atoms with Gasteiger partial charge in [-0.2, -0.15) is 0 Å². The van der Waals surface area contributed by atoms with E-state index in [0.29, 0.717) is 17.9 Å². The molecule has 1 aliphatic rings. The van der Waals surface area contributed by atoms with E-state index in [9.17, 15) is 9.90 Å². The van der Waals surface area contributed by atoms with Crippen LogP contribution in [0.2, 0.25) is 0 Å². The van der Waals surface area contributed by atoms with Crippen molar-refractivity contribution in [1.82, 2.24) is 5.32 Å². The van der Waals surface area contributed by atoms with E-state index in [1.165, 1.54) is 19.1 Å². The Labute approximate surface area is 107 Å². The van der Waals surface area contributed by atoms with Crippen LogP contribution in [0.25, 0.3) is 0 Å². The Kier molecular flexibility index (Phi) is 4.07. The van der Waals surface area contributed by atoms with Crippen LogP contribution < -0.4 is 5.32 Å². The summed E-state index contributed by atoms with van der Waals surface area (Å²) in [5, 5.41) is 13.2. The van der Waals surface area contributed by atoms with Crippen molar-refractivity contribution in [3.63, 3.8) is 0 Å². The van der Waals surface area contributed by atoms with Crippen LogP contribution in [0, 0.1) is 6.92 Å². The Bertz CT molecular complexity index is 403. The van der Waals surface area contributed by atoms with Gasteiger partial charge in [-0.05, 0) is 25.8 Å². The highest BCUT2D eigenvalue weighted by Gasteiger charge is 2.28. The predicted molar refractivity (Wildman–Crippen MR) is 68.4 cm³/mol. The van der Waals surface area contributed by atoms with Gasteiger partial charge in [0.25, 0.3) is 5.91 Å². The SMILES string of the molecule is Cc1cc(C(=O)NCC2(O)CCCCCC2)co1. The molecule has 4 nitrogen and oxygen atoms in total. The van der Waals surface area contributed by atoms with Gasteiger partial charge in [0.05, 0.1) is 11.2 Å². The lowest BCUT2D eigenvalue weighted by atomic mass is 9.94. The number of hydrogen-bond acceptors (Lipinski definition) is 3. The van der Waals surface area contributed by atoms with E-state index in [1.807, 2.05) is 0 Å². The van der Waals surface area contributed by atoms with E-state index in [2.05, 4.69) is 5.32 Å². The summed E-state index contributed by atoms with van der Waals surface area (Å²) in [6.45, 7) is 2.13. The quantitative estimate of drug-likeness (QED) is 0.811. The minimum Gasteiger partial charge on any atom is -0.469 e. The Morgan fingerprint density at radius 3 is 2.61 bits per heavy atom. The molecule has 1 saturated carbocycles. The fourth-order valence-electron chi connectivity index (χ4n) is 2.47. The van der Waals surface area contributed by atoms with Gasteiger partial charge in [-0.15, -0.1) is 0 Å².